The van der Waals surface area contributed by atoms with Crippen molar-refractivity contribution in [2.75, 3.05) is 52.2 Å². The van der Waals surface area contributed by atoms with Gasteiger partial charge in [0.05, 0.1) is 5.69 Å². The van der Waals surface area contributed by atoms with Crippen LogP contribution in [-0.4, -0.2) is 78.1 Å². The van der Waals surface area contributed by atoms with Gasteiger partial charge in [-0.05, 0) is 48.5 Å². The number of nitrogens with one attached hydrogen (secondary N) is 1. The topological polar surface area (TPSA) is 75.7 Å². The van der Waals surface area contributed by atoms with Gasteiger partial charge in [0, 0.05) is 74.7 Å². The fourth-order valence-electron chi connectivity index (χ4n) is 4.47. The summed E-state index contributed by atoms with van der Waals surface area (Å²) in [5.74, 6) is 0.270. The second-order valence-electron chi connectivity index (χ2n) is 9.09. The molecule has 174 valence electrons. The van der Waals surface area contributed by atoms with E-state index >= 15 is 0 Å². The number of carbonyl (C=O) groups is 1. The van der Waals surface area contributed by atoms with E-state index in [4.69, 9.17) is 0 Å². The number of hydrogen-bond acceptors (Lipinski definition) is 5. The first-order valence-electron chi connectivity index (χ1n) is 11.5. The molecule has 0 spiro atoms. The van der Waals surface area contributed by atoms with Gasteiger partial charge in [0.15, 0.2) is 0 Å². The maximum absolute atomic E-state index is 12.2. The van der Waals surface area contributed by atoms with Crippen LogP contribution in [0, 0.1) is 0 Å². The number of pyridine rings is 1. The van der Waals surface area contributed by atoms with Crippen LogP contribution in [0.1, 0.15) is 10.4 Å². The predicted molar refractivity (Wildman–Crippen MR) is 136 cm³/mol. The first-order chi connectivity index (χ1) is 16.4. The standard InChI is InChI=1S/C27H29N5O2/c1-30(2)27(34)19-6-4-18(5-7-19)23-17-29-26-22(23)14-21(16-28-26)20-8-9-24(25(33)15-20)32-12-10-31(3)11-13-32/h4-9,14-17,33H,10-13H2,1-3H3,(H,28,29). The molecular weight excluding hydrogens is 426 g/mol. The largest absolute Gasteiger partial charge is 0.506 e. The van der Waals surface area contributed by atoms with E-state index in [0.717, 1.165) is 65.2 Å². The van der Waals surface area contributed by atoms with E-state index in [2.05, 4.69) is 32.9 Å². The zero-order valence-electron chi connectivity index (χ0n) is 19.7. The summed E-state index contributed by atoms with van der Waals surface area (Å²) < 4.78 is 0. The second-order valence-corrected chi connectivity index (χ2v) is 9.09. The Hall–Kier alpha value is -3.84. The number of carbonyl (C=O) groups excluding carboxylic acids is 1. The number of aromatic nitrogens is 2. The number of aromatic hydroxyl groups is 1. The van der Waals surface area contributed by atoms with Gasteiger partial charge in [-0.15, -0.1) is 0 Å². The van der Waals surface area contributed by atoms with Crippen LogP contribution < -0.4 is 4.90 Å². The Balaban J connectivity index is 1.45. The van der Waals surface area contributed by atoms with Crippen LogP contribution in [0.4, 0.5) is 5.69 Å². The Kier molecular flexibility index (Phi) is 5.71. The minimum absolute atomic E-state index is 0.0192. The lowest BCUT2D eigenvalue weighted by atomic mass is 10.0. The Morgan fingerprint density at radius 3 is 2.35 bits per heavy atom. The molecule has 2 aromatic heterocycles. The fraction of sp³-hybridized carbons (Fsp3) is 0.259. The molecule has 2 N–H and O–H groups in total. The predicted octanol–water partition coefficient (Wildman–Crippen LogP) is 4.06. The summed E-state index contributed by atoms with van der Waals surface area (Å²) in [6.07, 6.45) is 3.77. The van der Waals surface area contributed by atoms with Crippen LogP contribution >= 0.6 is 0 Å². The fourth-order valence-corrected chi connectivity index (χ4v) is 4.47. The molecule has 0 unspecified atom stereocenters. The van der Waals surface area contributed by atoms with Crippen molar-refractivity contribution < 1.29 is 9.90 Å². The van der Waals surface area contributed by atoms with E-state index in [9.17, 15) is 9.90 Å². The highest BCUT2D eigenvalue weighted by molar-refractivity contribution is 5.98. The van der Waals surface area contributed by atoms with Gasteiger partial charge >= 0.3 is 0 Å². The van der Waals surface area contributed by atoms with Gasteiger partial charge in [0.25, 0.3) is 5.91 Å². The molecule has 7 heteroatoms. The highest BCUT2D eigenvalue weighted by Crippen LogP contribution is 2.35. The van der Waals surface area contributed by atoms with E-state index in [0.29, 0.717) is 5.56 Å². The summed E-state index contributed by atoms with van der Waals surface area (Å²) in [5.41, 5.74) is 6.21. The number of aromatic amines is 1. The minimum atomic E-state index is -0.0192. The molecule has 34 heavy (non-hydrogen) atoms. The summed E-state index contributed by atoms with van der Waals surface area (Å²) in [4.78, 5) is 26.2. The maximum Gasteiger partial charge on any atom is 0.253 e. The van der Waals surface area contributed by atoms with Crippen molar-refractivity contribution in [2.24, 2.45) is 0 Å². The quantitative estimate of drug-likeness (QED) is 0.486. The van der Waals surface area contributed by atoms with Crippen molar-refractivity contribution in [3.05, 3.63) is 66.5 Å². The molecule has 0 radical (unpaired) electrons. The summed E-state index contributed by atoms with van der Waals surface area (Å²) in [5, 5.41) is 11.8. The maximum atomic E-state index is 12.2. The molecule has 1 aliphatic rings. The van der Waals surface area contributed by atoms with Gasteiger partial charge in [-0.3, -0.25) is 4.79 Å². The van der Waals surface area contributed by atoms with Crippen LogP contribution in [0.3, 0.4) is 0 Å². The molecule has 0 atom stereocenters. The van der Waals surface area contributed by atoms with E-state index < -0.39 is 0 Å². The first kappa shape index (κ1) is 22.0. The number of nitrogens with zero attached hydrogens (tertiary/aromatic N) is 4. The number of phenols is 1. The molecule has 7 nitrogen and oxygen atoms in total. The van der Waals surface area contributed by atoms with Crippen molar-refractivity contribution in [1.82, 2.24) is 19.8 Å². The van der Waals surface area contributed by atoms with Crippen LogP contribution in [0.2, 0.25) is 0 Å². The number of piperazine rings is 1. The lowest BCUT2D eigenvalue weighted by Crippen LogP contribution is -2.44. The molecule has 0 saturated carbocycles. The summed E-state index contributed by atoms with van der Waals surface area (Å²) in [7, 11) is 5.62. The van der Waals surface area contributed by atoms with Crippen LogP contribution in [-0.2, 0) is 0 Å². The molecule has 1 amide bonds. The Labute approximate surface area is 199 Å². The van der Waals surface area contributed by atoms with Gasteiger partial charge in [-0.1, -0.05) is 18.2 Å². The third-order valence-electron chi connectivity index (χ3n) is 6.53. The molecule has 1 fully saturated rings. The Morgan fingerprint density at radius 1 is 0.971 bits per heavy atom. The normalized spacial score (nSPS) is 14.5. The average Bonchev–Trinajstić information content (AvgIpc) is 3.27. The number of phenolic OH excluding ortho intramolecular Hbond substituents is 1. The van der Waals surface area contributed by atoms with Gasteiger partial charge in [0.1, 0.15) is 11.4 Å². The Morgan fingerprint density at radius 2 is 1.68 bits per heavy atom. The molecule has 3 heterocycles. The first-order valence-corrected chi connectivity index (χ1v) is 11.5. The zero-order valence-corrected chi connectivity index (χ0v) is 19.7. The number of benzene rings is 2. The van der Waals surface area contributed by atoms with Gasteiger partial charge in [0.2, 0.25) is 0 Å². The number of likely N-dealkylation sites (N-methyl/N-ethyl adjacent to an activating group) is 1. The highest BCUT2D eigenvalue weighted by Gasteiger charge is 2.18. The van der Waals surface area contributed by atoms with Crippen LogP contribution in [0.25, 0.3) is 33.3 Å². The lowest BCUT2D eigenvalue weighted by molar-refractivity contribution is 0.0827. The number of anilines is 1. The molecule has 2 aromatic carbocycles. The van der Waals surface area contributed by atoms with Crippen LogP contribution in [0.5, 0.6) is 5.75 Å². The number of H-pyrrole nitrogens is 1. The van der Waals surface area contributed by atoms with E-state index in [1.165, 1.54) is 0 Å². The number of amides is 1. The second kappa shape index (κ2) is 8.83. The SMILES string of the molecule is CN1CCN(c2ccc(-c3cnc4[nH]cc(-c5ccc(C(=O)N(C)C)cc5)c4c3)cc2O)CC1. The van der Waals surface area contributed by atoms with Crippen molar-refractivity contribution in [1.29, 1.82) is 0 Å². The van der Waals surface area contributed by atoms with E-state index in [1.54, 1.807) is 19.0 Å². The molecule has 0 aliphatic carbocycles. The summed E-state index contributed by atoms with van der Waals surface area (Å²) in [6.45, 7) is 3.79. The number of hydrogen-bond donors (Lipinski definition) is 2. The number of fused-ring (bicyclic) bond motifs is 1. The van der Waals surface area contributed by atoms with Crippen molar-refractivity contribution in [3.8, 4) is 28.0 Å². The lowest BCUT2D eigenvalue weighted by Gasteiger charge is -2.34. The van der Waals surface area contributed by atoms with Gasteiger partial charge < -0.3 is 24.8 Å². The highest BCUT2D eigenvalue weighted by atomic mass is 16.3. The van der Waals surface area contributed by atoms with Crippen molar-refractivity contribution in [2.45, 2.75) is 0 Å². The molecule has 0 bridgehead atoms. The van der Waals surface area contributed by atoms with E-state index in [1.807, 2.05) is 54.9 Å². The smallest absolute Gasteiger partial charge is 0.253 e. The van der Waals surface area contributed by atoms with E-state index in [-0.39, 0.29) is 11.7 Å². The zero-order chi connectivity index (χ0) is 23.8. The molecular formula is C27H29N5O2. The third-order valence-corrected chi connectivity index (χ3v) is 6.53. The summed E-state index contributed by atoms with van der Waals surface area (Å²) >= 11 is 0. The van der Waals surface area contributed by atoms with Crippen molar-refractivity contribution >= 4 is 22.6 Å². The Bertz CT molecular complexity index is 1340. The minimum Gasteiger partial charge on any atom is -0.506 e. The van der Waals surface area contributed by atoms with Crippen molar-refractivity contribution in [3.63, 3.8) is 0 Å². The van der Waals surface area contributed by atoms with Gasteiger partial charge in [-0.2, -0.15) is 0 Å². The molecule has 5 rings (SSSR count). The monoisotopic (exact) mass is 455 g/mol. The molecule has 4 aromatic rings. The van der Waals surface area contributed by atoms with Gasteiger partial charge in [-0.25, -0.2) is 4.98 Å². The molecule has 1 saturated heterocycles. The summed E-state index contributed by atoms with van der Waals surface area (Å²) in [6, 6.07) is 15.6. The average molecular weight is 456 g/mol. The third kappa shape index (κ3) is 4.10. The van der Waals surface area contributed by atoms with Crippen LogP contribution in [0.15, 0.2) is 60.9 Å². The molecule has 1 aliphatic heterocycles. The number of rotatable bonds is 4.